The van der Waals surface area contributed by atoms with Crippen LogP contribution in [0.25, 0.3) is 27.5 Å². The van der Waals surface area contributed by atoms with Gasteiger partial charge in [-0.3, -0.25) is 0 Å². The minimum Gasteiger partial charge on any atom is -0.136 e. The van der Waals surface area contributed by atoms with Gasteiger partial charge in [-0.05, 0) is 22.4 Å². The van der Waals surface area contributed by atoms with Crippen molar-refractivity contribution in [3.8, 4) is 10.4 Å². The van der Waals surface area contributed by atoms with E-state index in [4.69, 9.17) is 0 Å². The Labute approximate surface area is 149 Å². The number of thioether (sulfide) groups is 1. The molecule has 0 amide bonds. The molecule has 24 heavy (non-hydrogen) atoms. The van der Waals surface area contributed by atoms with Gasteiger partial charge in [-0.25, -0.2) is 0 Å². The van der Waals surface area contributed by atoms with E-state index < -0.39 is 0 Å². The van der Waals surface area contributed by atoms with E-state index >= 15 is 0 Å². The Bertz CT molecular complexity index is 1030. The molecule has 2 heteroatoms. The second-order valence-corrected chi connectivity index (χ2v) is 8.49. The maximum Gasteiger partial charge on any atom is 0.0389 e. The van der Waals surface area contributed by atoms with Gasteiger partial charge in [0, 0.05) is 25.5 Å². The molecule has 0 fully saturated rings. The lowest BCUT2D eigenvalue weighted by atomic mass is 9.98. The molecule has 2 unspecified atom stereocenters. The number of hydrogen-bond acceptors (Lipinski definition) is 2. The molecule has 1 aromatic heterocycles. The summed E-state index contributed by atoms with van der Waals surface area (Å²) in [5, 5.41) is 1.93. The van der Waals surface area contributed by atoms with Gasteiger partial charge in [-0.15, -0.1) is 23.1 Å². The largest absolute Gasteiger partial charge is 0.136 e. The smallest absolute Gasteiger partial charge is 0.0389 e. The Kier molecular flexibility index (Phi) is 3.46. The molecular weight excluding hydrogens is 328 g/mol. The molecule has 116 valence electrons. The van der Waals surface area contributed by atoms with E-state index in [1.165, 1.54) is 30.7 Å². The molecule has 0 N–H and O–H groups in total. The molecule has 2 heterocycles. The molecule has 0 radical (unpaired) electrons. The van der Waals surface area contributed by atoms with Crippen molar-refractivity contribution in [1.82, 2.24) is 0 Å². The van der Waals surface area contributed by atoms with Crippen LogP contribution >= 0.6 is 23.1 Å². The van der Waals surface area contributed by atoms with Crippen LogP contribution in [0.5, 0.6) is 0 Å². The Morgan fingerprint density at radius 2 is 1.42 bits per heavy atom. The predicted molar refractivity (Wildman–Crippen MR) is 107 cm³/mol. The van der Waals surface area contributed by atoms with E-state index in [0.29, 0.717) is 11.2 Å². The molecule has 5 rings (SSSR count). The quantitative estimate of drug-likeness (QED) is 0.646. The summed E-state index contributed by atoms with van der Waals surface area (Å²) in [7, 11) is 0. The van der Waals surface area contributed by atoms with Crippen LogP contribution in [-0.2, 0) is 0 Å². The molecule has 1 aliphatic heterocycles. The fourth-order valence-electron chi connectivity index (χ4n) is 3.37. The molecule has 0 bridgehead atoms. The zero-order valence-electron chi connectivity index (χ0n) is 13.1. The van der Waals surface area contributed by atoms with Gasteiger partial charge in [0.1, 0.15) is 0 Å². The first-order valence-electron chi connectivity index (χ1n) is 8.20. The summed E-state index contributed by atoms with van der Waals surface area (Å²) in [5.74, 6) is 0.510. The topological polar surface area (TPSA) is 0 Å². The lowest BCUT2D eigenvalue weighted by molar-refractivity contribution is 0.933. The molecule has 3 aromatic rings. The van der Waals surface area contributed by atoms with Crippen LogP contribution in [0.4, 0.5) is 0 Å². The number of hydrogen-bond donors (Lipinski definition) is 0. The standard InChI is InChI=1S/C22H16S2/c1-3-7-15(8-4-1)19-12-17-11-18-13-20(16-9-5-2-6-10-16)24-22(18)14-21(17)23-19/h1-14,17,21H. The van der Waals surface area contributed by atoms with Crippen LogP contribution in [0.3, 0.4) is 0 Å². The van der Waals surface area contributed by atoms with Crippen molar-refractivity contribution in [3.05, 3.63) is 88.1 Å². The van der Waals surface area contributed by atoms with E-state index in [1.54, 1.807) is 0 Å². The highest BCUT2D eigenvalue weighted by Gasteiger charge is 2.28. The zero-order chi connectivity index (χ0) is 15.9. The van der Waals surface area contributed by atoms with E-state index in [9.17, 15) is 0 Å². The molecule has 0 saturated carbocycles. The SMILES string of the molecule is C1=C(c2ccccc2)SC2C=c3sc(-c4ccccc4)cc3=CC12. The van der Waals surface area contributed by atoms with Gasteiger partial charge in [0.15, 0.2) is 0 Å². The van der Waals surface area contributed by atoms with Crippen molar-refractivity contribution in [3.63, 3.8) is 0 Å². The molecule has 0 spiro atoms. The summed E-state index contributed by atoms with van der Waals surface area (Å²) >= 11 is 3.91. The maximum atomic E-state index is 2.47. The first-order valence-corrected chi connectivity index (χ1v) is 9.89. The number of allylic oxidation sites excluding steroid dienone is 1. The molecule has 0 nitrogen and oxygen atoms in total. The summed E-state index contributed by atoms with van der Waals surface area (Å²) < 4.78 is 1.42. The van der Waals surface area contributed by atoms with Crippen molar-refractivity contribution in [2.24, 2.45) is 5.92 Å². The molecule has 2 aliphatic rings. The van der Waals surface area contributed by atoms with Gasteiger partial charge in [0.05, 0.1) is 0 Å². The van der Waals surface area contributed by atoms with Crippen LogP contribution < -0.4 is 9.75 Å². The molecule has 2 aromatic carbocycles. The number of fused-ring (bicyclic) bond motifs is 2. The van der Waals surface area contributed by atoms with Gasteiger partial charge < -0.3 is 0 Å². The lowest BCUT2D eigenvalue weighted by Crippen LogP contribution is -2.28. The Morgan fingerprint density at radius 1 is 0.708 bits per heavy atom. The average Bonchev–Trinajstić information content (AvgIpc) is 3.24. The first-order chi connectivity index (χ1) is 11.9. The normalized spacial score (nSPS) is 21.2. The molecule has 2 atom stereocenters. The van der Waals surface area contributed by atoms with Gasteiger partial charge in [0.25, 0.3) is 0 Å². The summed E-state index contributed by atoms with van der Waals surface area (Å²) in [6, 6.07) is 23.8. The minimum absolute atomic E-state index is 0.510. The van der Waals surface area contributed by atoms with Crippen LogP contribution in [0.15, 0.2) is 72.8 Å². The molecular formula is C22H16S2. The van der Waals surface area contributed by atoms with E-state index in [0.717, 1.165) is 0 Å². The fraction of sp³-hybridized carbons (Fsp3) is 0.0909. The second-order valence-electron chi connectivity index (χ2n) is 6.19. The summed E-state index contributed by atoms with van der Waals surface area (Å²) in [5.41, 5.74) is 2.66. The Hall–Kier alpha value is -2.03. The Balaban J connectivity index is 1.53. The van der Waals surface area contributed by atoms with E-state index in [1.807, 2.05) is 23.1 Å². The number of rotatable bonds is 2. The lowest BCUT2D eigenvalue weighted by Gasteiger charge is -2.13. The van der Waals surface area contributed by atoms with Crippen molar-refractivity contribution >= 4 is 40.2 Å². The van der Waals surface area contributed by atoms with E-state index in [2.05, 4.69) is 85.0 Å². The number of benzene rings is 2. The molecule has 1 aliphatic carbocycles. The number of thiophene rings is 1. The van der Waals surface area contributed by atoms with Gasteiger partial charge in [-0.2, -0.15) is 0 Å². The first kappa shape index (κ1) is 14.3. The summed E-state index contributed by atoms with van der Waals surface area (Å²) in [6.07, 6.45) is 7.35. The van der Waals surface area contributed by atoms with Crippen molar-refractivity contribution < 1.29 is 0 Å². The zero-order valence-corrected chi connectivity index (χ0v) is 14.7. The summed E-state index contributed by atoms with van der Waals surface area (Å²) in [4.78, 5) is 2.78. The highest BCUT2D eigenvalue weighted by molar-refractivity contribution is 8.09. The monoisotopic (exact) mass is 344 g/mol. The molecule has 0 saturated heterocycles. The third-order valence-electron chi connectivity index (χ3n) is 4.58. The Morgan fingerprint density at radius 3 is 2.17 bits per heavy atom. The van der Waals surface area contributed by atoms with Crippen LogP contribution in [0.1, 0.15) is 5.56 Å². The van der Waals surface area contributed by atoms with Gasteiger partial charge in [0.2, 0.25) is 0 Å². The van der Waals surface area contributed by atoms with Crippen LogP contribution in [0, 0.1) is 5.92 Å². The minimum atomic E-state index is 0.510. The third kappa shape index (κ3) is 2.47. The van der Waals surface area contributed by atoms with Crippen LogP contribution in [-0.4, -0.2) is 5.25 Å². The highest BCUT2D eigenvalue weighted by atomic mass is 32.2. The van der Waals surface area contributed by atoms with Crippen molar-refractivity contribution in [2.45, 2.75) is 5.25 Å². The van der Waals surface area contributed by atoms with Crippen LogP contribution in [0.2, 0.25) is 0 Å². The average molecular weight is 345 g/mol. The second kappa shape index (κ2) is 5.80. The fourth-order valence-corrected chi connectivity index (χ4v) is 5.91. The third-order valence-corrected chi connectivity index (χ3v) is 7.09. The van der Waals surface area contributed by atoms with E-state index in [-0.39, 0.29) is 0 Å². The van der Waals surface area contributed by atoms with Gasteiger partial charge in [-0.1, -0.05) is 78.9 Å². The van der Waals surface area contributed by atoms with Crippen molar-refractivity contribution in [2.75, 3.05) is 0 Å². The van der Waals surface area contributed by atoms with Gasteiger partial charge >= 0.3 is 0 Å². The maximum absolute atomic E-state index is 2.47. The summed E-state index contributed by atoms with van der Waals surface area (Å²) in [6.45, 7) is 0. The highest BCUT2D eigenvalue weighted by Crippen LogP contribution is 2.44. The van der Waals surface area contributed by atoms with Crippen molar-refractivity contribution in [1.29, 1.82) is 0 Å². The predicted octanol–water partition coefficient (Wildman–Crippen LogP) is 4.76.